The highest BCUT2D eigenvalue weighted by atomic mass is 32.1. The number of amides is 1. The normalized spacial score (nSPS) is 16.7. The number of hydrogen-bond acceptors (Lipinski definition) is 7. The maximum absolute atomic E-state index is 13.7. The van der Waals surface area contributed by atoms with E-state index in [0.717, 1.165) is 33.3 Å². The summed E-state index contributed by atoms with van der Waals surface area (Å²) in [7, 11) is 1.55. The minimum atomic E-state index is -0.921. The summed E-state index contributed by atoms with van der Waals surface area (Å²) in [6.45, 7) is 10.6. The van der Waals surface area contributed by atoms with Gasteiger partial charge in [0.2, 0.25) is 0 Å². The Bertz CT molecular complexity index is 1690. The number of hydrogen-bond donors (Lipinski definition) is 1. The number of carbonyl (C=O) groups excluding carboxylic acids is 2. The number of thiazole rings is 1. The molecule has 0 spiro atoms. The summed E-state index contributed by atoms with van der Waals surface area (Å²) >= 11 is 1.34. The first kappa shape index (κ1) is 28.4. The van der Waals surface area contributed by atoms with Gasteiger partial charge in [-0.05, 0) is 80.1 Å². The van der Waals surface area contributed by atoms with Crippen LogP contribution in [0.5, 0.6) is 11.5 Å². The standard InChI is InChI=1S/C33H34N2O5S/c1-18(2)13-14-40-25-12-10-22(17-26(25)39-6)29-28(30(36)23-15-19(3)7-9-21(23)5)31(37)32(38)35(29)33-34-24-11-8-20(4)16-27(24)41-33/h7-12,15-18,29,36H,13-14H2,1-6H3. The summed E-state index contributed by atoms with van der Waals surface area (Å²) in [5.74, 6) is -0.191. The lowest BCUT2D eigenvalue weighted by Gasteiger charge is -2.24. The van der Waals surface area contributed by atoms with Crippen molar-refractivity contribution >= 4 is 44.1 Å². The number of carbonyl (C=O) groups is 2. The number of anilines is 1. The topological polar surface area (TPSA) is 89.0 Å². The van der Waals surface area contributed by atoms with E-state index in [1.165, 1.54) is 16.2 Å². The summed E-state index contributed by atoms with van der Waals surface area (Å²) in [5.41, 5.74) is 4.63. The number of ketones is 1. The third-order valence-electron chi connectivity index (χ3n) is 7.29. The SMILES string of the molecule is COc1cc(C2C(=C(O)c3cc(C)ccc3C)C(=O)C(=O)N2c2nc3ccc(C)cc3s2)ccc1OCCC(C)C. The average Bonchev–Trinajstić information content (AvgIpc) is 3.47. The Hall–Kier alpha value is -4.17. The fourth-order valence-electron chi connectivity index (χ4n) is 4.98. The highest BCUT2D eigenvalue weighted by Crippen LogP contribution is 2.46. The number of ether oxygens (including phenoxy) is 2. The lowest BCUT2D eigenvalue weighted by molar-refractivity contribution is -0.132. The van der Waals surface area contributed by atoms with Crippen LogP contribution in [0.25, 0.3) is 16.0 Å². The van der Waals surface area contributed by atoms with E-state index in [4.69, 9.17) is 14.5 Å². The number of fused-ring (bicyclic) bond motifs is 1. The van der Waals surface area contributed by atoms with Gasteiger partial charge in [-0.15, -0.1) is 0 Å². The molecule has 212 valence electrons. The number of Topliss-reactive ketones (excluding diaryl/α,β-unsaturated/α-hetero) is 1. The van der Waals surface area contributed by atoms with Crippen LogP contribution >= 0.6 is 11.3 Å². The Balaban J connectivity index is 1.69. The number of benzene rings is 3. The van der Waals surface area contributed by atoms with Crippen LogP contribution in [0, 0.1) is 26.7 Å². The molecule has 1 unspecified atom stereocenters. The van der Waals surface area contributed by atoms with Gasteiger partial charge in [-0.25, -0.2) is 4.98 Å². The van der Waals surface area contributed by atoms with Crippen LogP contribution in [0.3, 0.4) is 0 Å². The molecular weight excluding hydrogens is 536 g/mol. The molecule has 2 heterocycles. The Morgan fingerprint density at radius 3 is 2.46 bits per heavy atom. The first-order valence-electron chi connectivity index (χ1n) is 13.7. The Morgan fingerprint density at radius 2 is 1.73 bits per heavy atom. The molecule has 0 saturated carbocycles. The highest BCUT2D eigenvalue weighted by molar-refractivity contribution is 7.22. The van der Waals surface area contributed by atoms with Gasteiger partial charge in [0.05, 0.1) is 35.5 Å². The van der Waals surface area contributed by atoms with Gasteiger partial charge in [0.1, 0.15) is 5.76 Å². The van der Waals surface area contributed by atoms with Crippen molar-refractivity contribution in [1.82, 2.24) is 4.98 Å². The minimum Gasteiger partial charge on any atom is -0.507 e. The molecule has 7 nitrogen and oxygen atoms in total. The molecule has 41 heavy (non-hydrogen) atoms. The molecule has 5 rings (SSSR count). The van der Waals surface area contributed by atoms with E-state index in [-0.39, 0.29) is 11.3 Å². The van der Waals surface area contributed by atoms with Gasteiger partial charge in [-0.3, -0.25) is 14.5 Å². The number of nitrogens with zero attached hydrogens (tertiary/aromatic N) is 2. The van der Waals surface area contributed by atoms with E-state index in [9.17, 15) is 14.7 Å². The monoisotopic (exact) mass is 570 g/mol. The zero-order chi connectivity index (χ0) is 29.4. The third-order valence-corrected chi connectivity index (χ3v) is 8.30. The number of aromatic nitrogens is 1. The largest absolute Gasteiger partial charge is 0.507 e. The van der Waals surface area contributed by atoms with E-state index < -0.39 is 17.7 Å². The highest BCUT2D eigenvalue weighted by Gasteiger charge is 2.48. The molecule has 1 aliphatic heterocycles. The molecule has 0 aliphatic carbocycles. The van der Waals surface area contributed by atoms with Gasteiger partial charge >= 0.3 is 5.91 Å². The number of aliphatic hydroxyl groups is 1. The van der Waals surface area contributed by atoms with Crippen LogP contribution in [-0.2, 0) is 9.59 Å². The number of rotatable bonds is 8. The van der Waals surface area contributed by atoms with Crippen molar-refractivity contribution in [3.05, 3.63) is 88.0 Å². The Morgan fingerprint density at radius 1 is 1.00 bits per heavy atom. The quantitative estimate of drug-likeness (QED) is 0.136. The van der Waals surface area contributed by atoms with Crippen molar-refractivity contribution in [2.75, 3.05) is 18.6 Å². The number of methoxy groups -OCH3 is 1. The minimum absolute atomic E-state index is 0.00895. The third kappa shape index (κ3) is 5.44. The molecular formula is C33H34N2O5S. The maximum atomic E-state index is 13.7. The van der Waals surface area contributed by atoms with Gasteiger partial charge in [-0.2, -0.15) is 0 Å². The molecule has 1 aliphatic rings. The fraction of sp³-hybridized carbons (Fsp3) is 0.303. The number of aryl methyl sites for hydroxylation is 3. The van der Waals surface area contributed by atoms with Crippen molar-refractivity contribution in [3.63, 3.8) is 0 Å². The molecule has 1 N–H and O–H groups in total. The van der Waals surface area contributed by atoms with Gasteiger partial charge in [0.25, 0.3) is 5.78 Å². The van der Waals surface area contributed by atoms with Crippen LogP contribution in [0.2, 0.25) is 0 Å². The van der Waals surface area contributed by atoms with E-state index in [1.807, 2.05) is 63.2 Å². The molecule has 1 aromatic heterocycles. The van der Waals surface area contributed by atoms with Gasteiger partial charge in [0, 0.05) is 5.56 Å². The lowest BCUT2D eigenvalue weighted by atomic mass is 9.93. The molecule has 1 atom stereocenters. The van der Waals surface area contributed by atoms with Gasteiger partial charge < -0.3 is 14.6 Å². The fourth-order valence-corrected chi connectivity index (χ4v) is 6.07. The molecule has 1 saturated heterocycles. The maximum Gasteiger partial charge on any atom is 0.301 e. The summed E-state index contributed by atoms with van der Waals surface area (Å²) in [6, 6.07) is 16.0. The second-order valence-electron chi connectivity index (χ2n) is 10.9. The predicted octanol–water partition coefficient (Wildman–Crippen LogP) is 7.28. The van der Waals surface area contributed by atoms with Gasteiger partial charge in [0.15, 0.2) is 16.6 Å². The van der Waals surface area contributed by atoms with Crippen LogP contribution in [0.1, 0.15) is 54.1 Å². The zero-order valence-electron chi connectivity index (χ0n) is 24.1. The lowest BCUT2D eigenvalue weighted by Crippen LogP contribution is -2.29. The smallest absolute Gasteiger partial charge is 0.301 e. The zero-order valence-corrected chi connectivity index (χ0v) is 25.0. The summed E-state index contributed by atoms with van der Waals surface area (Å²) in [6.07, 6.45) is 0.887. The molecule has 1 fully saturated rings. The molecule has 4 aromatic rings. The first-order valence-corrected chi connectivity index (χ1v) is 14.5. The summed E-state index contributed by atoms with van der Waals surface area (Å²) in [5, 5.41) is 12.0. The molecule has 0 radical (unpaired) electrons. The molecule has 3 aromatic carbocycles. The Kier molecular flexibility index (Phi) is 7.87. The molecule has 1 amide bonds. The van der Waals surface area contributed by atoms with Crippen LogP contribution in [0.4, 0.5) is 5.13 Å². The van der Waals surface area contributed by atoms with Crippen molar-refractivity contribution in [2.24, 2.45) is 5.92 Å². The number of aliphatic hydroxyl groups excluding tert-OH is 1. The van der Waals surface area contributed by atoms with Crippen LogP contribution in [-0.4, -0.2) is 35.5 Å². The van der Waals surface area contributed by atoms with Crippen molar-refractivity contribution in [3.8, 4) is 11.5 Å². The van der Waals surface area contributed by atoms with E-state index in [0.29, 0.717) is 40.3 Å². The molecule has 8 heteroatoms. The van der Waals surface area contributed by atoms with Crippen molar-refractivity contribution in [1.29, 1.82) is 0 Å². The predicted molar refractivity (Wildman–Crippen MR) is 163 cm³/mol. The van der Waals surface area contributed by atoms with E-state index >= 15 is 0 Å². The van der Waals surface area contributed by atoms with Crippen molar-refractivity contribution < 1.29 is 24.2 Å². The van der Waals surface area contributed by atoms with Crippen LogP contribution in [0.15, 0.2) is 60.2 Å². The average molecular weight is 571 g/mol. The van der Waals surface area contributed by atoms with E-state index in [2.05, 4.69) is 13.8 Å². The van der Waals surface area contributed by atoms with Crippen molar-refractivity contribution in [2.45, 2.75) is 47.1 Å². The summed E-state index contributed by atoms with van der Waals surface area (Å²) in [4.78, 5) is 33.5. The van der Waals surface area contributed by atoms with Gasteiger partial charge in [-0.1, -0.05) is 55.0 Å². The summed E-state index contributed by atoms with van der Waals surface area (Å²) < 4.78 is 12.6. The Labute approximate surface area is 244 Å². The second kappa shape index (κ2) is 11.4. The molecule has 0 bridgehead atoms. The van der Waals surface area contributed by atoms with E-state index in [1.54, 1.807) is 19.2 Å². The second-order valence-corrected chi connectivity index (χ2v) is 11.9. The van der Waals surface area contributed by atoms with Crippen LogP contribution < -0.4 is 14.4 Å². The first-order chi connectivity index (χ1) is 19.6.